The van der Waals surface area contributed by atoms with Crippen LogP contribution in [-0.2, 0) is 10.9 Å². The topological polar surface area (TPSA) is 61.6 Å². The molecule has 0 aromatic heterocycles. The van der Waals surface area contributed by atoms with E-state index < -0.39 is 17.6 Å². The number of amides is 1. The summed E-state index contributed by atoms with van der Waals surface area (Å²) in [5, 5.41) is 0. The molecule has 110 valence electrons. The van der Waals surface area contributed by atoms with Crippen LogP contribution in [0, 0.1) is 0 Å². The smallest absolute Gasteiger partial charge is 0.416 e. The second-order valence-corrected chi connectivity index (χ2v) is 4.52. The summed E-state index contributed by atoms with van der Waals surface area (Å²) in [6.07, 6.45) is -2.88. The number of primary amides is 1. The van der Waals surface area contributed by atoms with Crippen LogP contribution in [0.25, 0.3) is 0 Å². The van der Waals surface area contributed by atoms with Gasteiger partial charge in [-0.15, -0.1) is 0 Å². The van der Waals surface area contributed by atoms with Crippen molar-refractivity contribution in [2.45, 2.75) is 25.1 Å². The Labute approximate surface area is 113 Å². The molecule has 1 fully saturated rings. The van der Waals surface area contributed by atoms with Gasteiger partial charge in [0.2, 0.25) is 0 Å². The van der Waals surface area contributed by atoms with E-state index in [1.807, 2.05) is 0 Å². The predicted octanol–water partition coefficient (Wildman–Crippen LogP) is 2.36. The van der Waals surface area contributed by atoms with E-state index in [1.54, 1.807) is 0 Å². The van der Waals surface area contributed by atoms with E-state index in [9.17, 15) is 18.0 Å². The highest BCUT2D eigenvalue weighted by Crippen LogP contribution is 2.32. The lowest BCUT2D eigenvalue weighted by Crippen LogP contribution is -2.20. The number of carbonyl (C=O) groups is 1. The Balaban J connectivity index is 2.17. The average molecular weight is 289 g/mol. The third-order valence-electron chi connectivity index (χ3n) is 3.02. The van der Waals surface area contributed by atoms with Gasteiger partial charge in [-0.25, -0.2) is 0 Å². The van der Waals surface area contributed by atoms with Crippen LogP contribution in [-0.4, -0.2) is 25.2 Å². The van der Waals surface area contributed by atoms with Gasteiger partial charge in [-0.3, -0.25) is 4.79 Å². The lowest BCUT2D eigenvalue weighted by molar-refractivity contribution is -0.137. The summed E-state index contributed by atoms with van der Waals surface area (Å²) in [5.74, 6) is -0.917. The summed E-state index contributed by atoms with van der Waals surface area (Å²) in [6.45, 7) is 0.829. The Kier molecular flexibility index (Phi) is 4.17. The fraction of sp³-hybridized carbons (Fsp3) is 0.462. The summed E-state index contributed by atoms with van der Waals surface area (Å²) >= 11 is 0. The SMILES string of the molecule is NC(=O)c1cc(C(F)(F)F)ccc1OC[C@@H]1CCCO1. The summed E-state index contributed by atoms with van der Waals surface area (Å²) in [7, 11) is 0. The predicted molar refractivity (Wildman–Crippen MR) is 64.4 cm³/mol. The van der Waals surface area contributed by atoms with Crippen LogP contribution >= 0.6 is 0 Å². The van der Waals surface area contributed by atoms with Crippen LogP contribution in [0.1, 0.15) is 28.8 Å². The van der Waals surface area contributed by atoms with Gasteiger partial charge in [0.1, 0.15) is 12.4 Å². The molecule has 1 saturated heterocycles. The second kappa shape index (κ2) is 5.70. The molecule has 0 bridgehead atoms. The van der Waals surface area contributed by atoms with E-state index >= 15 is 0 Å². The molecule has 7 heteroatoms. The minimum Gasteiger partial charge on any atom is -0.490 e. The van der Waals surface area contributed by atoms with E-state index in [4.69, 9.17) is 15.2 Å². The number of ether oxygens (including phenoxy) is 2. The molecule has 1 atom stereocenters. The molecule has 4 nitrogen and oxygen atoms in total. The zero-order chi connectivity index (χ0) is 14.8. The summed E-state index contributed by atoms with van der Waals surface area (Å²) in [5.41, 5.74) is 3.88. The third kappa shape index (κ3) is 3.41. The van der Waals surface area contributed by atoms with Gasteiger partial charge in [-0.1, -0.05) is 0 Å². The van der Waals surface area contributed by atoms with E-state index in [0.29, 0.717) is 12.7 Å². The van der Waals surface area contributed by atoms with Gasteiger partial charge in [0, 0.05) is 6.61 Å². The number of benzene rings is 1. The highest BCUT2D eigenvalue weighted by molar-refractivity contribution is 5.95. The van der Waals surface area contributed by atoms with E-state index in [-0.39, 0.29) is 24.0 Å². The Morgan fingerprint density at radius 2 is 2.20 bits per heavy atom. The zero-order valence-electron chi connectivity index (χ0n) is 10.6. The van der Waals surface area contributed by atoms with E-state index in [1.165, 1.54) is 0 Å². The fourth-order valence-corrected chi connectivity index (χ4v) is 1.98. The standard InChI is InChI=1S/C13H14F3NO3/c14-13(15,16)8-3-4-11(10(6-8)12(17)18)20-7-9-2-1-5-19-9/h3-4,6,9H,1-2,5,7H2,(H2,17,18)/t9-/m0/s1. The number of nitrogens with two attached hydrogens (primary N) is 1. The Morgan fingerprint density at radius 3 is 2.75 bits per heavy atom. The van der Waals surface area contributed by atoms with Crippen LogP contribution in [0.5, 0.6) is 5.75 Å². The van der Waals surface area contributed by atoms with Crippen LogP contribution in [0.15, 0.2) is 18.2 Å². The lowest BCUT2D eigenvalue weighted by atomic mass is 10.1. The van der Waals surface area contributed by atoms with E-state index in [0.717, 1.165) is 25.0 Å². The molecule has 2 rings (SSSR count). The largest absolute Gasteiger partial charge is 0.490 e. The fourth-order valence-electron chi connectivity index (χ4n) is 1.98. The molecular formula is C13H14F3NO3. The lowest BCUT2D eigenvalue weighted by Gasteiger charge is -2.15. The van der Waals surface area contributed by atoms with Gasteiger partial charge in [-0.05, 0) is 31.0 Å². The first kappa shape index (κ1) is 14.6. The highest BCUT2D eigenvalue weighted by Gasteiger charge is 2.32. The first-order chi connectivity index (χ1) is 9.38. The Hall–Kier alpha value is -1.76. The van der Waals surface area contributed by atoms with Crippen molar-refractivity contribution in [1.29, 1.82) is 0 Å². The molecule has 1 aliphatic rings. The maximum Gasteiger partial charge on any atom is 0.416 e. The molecule has 1 aromatic rings. The van der Waals surface area contributed by atoms with Crippen molar-refractivity contribution >= 4 is 5.91 Å². The molecule has 0 spiro atoms. The number of hydrogen-bond acceptors (Lipinski definition) is 3. The first-order valence-corrected chi connectivity index (χ1v) is 6.13. The molecule has 0 radical (unpaired) electrons. The summed E-state index contributed by atoms with van der Waals surface area (Å²) < 4.78 is 48.4. The van der Waals surface area contributed by atoms with Gasteiger partial charge < -0.3 is 15.2 Å². The molecule has 1 aliphatic heterocycles. The number of halogens is 3. The van der Waals surface area contributed by atoms with Gasteiger partial charge in [-0.2, -0.15) is 13.2 Å². The Morgan fingerprint density at radius 1 is 1.45 bits per heavy atom. The second-order valence-electron chi connectivity index (χ2n) is 4.52. The van der Waals surface area contributed by atoms with Crippen molar-refractivity contribution in [3.05, 3.63) is 29.3 Å². The molecule has 20 heavy (non-hydrogen) atoms. The molecule has 1 heterocycles. The van der Waals surface area contributed by atoms with Crippen molar-refractivity contribution < 1.29 is 27.4 Å². The van der Waals surface area contributed by atoms with Crippen LogP contribution < -0.4 is 10.5 Å². The summed E-state index contributed by atoms with van der Waals surface area (Å²) in [4.78, 5) is 11.2. The maximum absolute atomic E-state index is 12.6. The average Bonchev–Trinajstić information content (AvgIpc) is 2.88. The molecule has 0 unspecified atom stereocenters. The highest BCUT2D eigenvalue weighted by atomic mass is 19.4. The van der Waals surface area contributed by atoms with Crippen molar-refractivity contribution in [1.82, 2.24) is 0 Å². The van der Waals surface area contributed by atoms with Gasteiger partial charge in [0.05, 0.1) is 17.2 Å². The molecule has 0 saturated carbocycles. The van der Waals surface area contributed by atoms with Crippen molar-refractivity contribution in [2.24, 2.45) is 5.73 Å². The zero-order valence-corrected chi connectivity index (χ0v) is 10.6. The first-order valence-electron chi connectivity index (χ1n) is 6.13. The normalized spacial score (nSPS) is 19.1. The van der Waals surface area contributed by atoms with Crippen molar-refractivity contribution in [2.75, 3.05) is 13.2 Å². The number of alkyl halides is 3. The number of rotatable bonds is 4. The third-order valence-corrected chi connectivity index (χ3v) is 3.02. The van der Waals surface area contributed by atoms with Gasteiger partial charge in [0.15, 0.2) is 0 Å². The number of hydrogen-bond donors (Lipinski definition) is 1. The van der Waals surface area contributed by atoms with Gasteiger partial charge in [0.25, 0.3) is 5.91 Å². The van der Waals surface area contributed by atoms with E-state index in [2.05, 4.69) is 0 Å². The minimum atomic E-state index is -4.53. The van der Waals surface area contributed by atoms with Gasteiger partial charge >= 0.3 is 6.18 Å². The molecule has 1 aromatic carbocycles. The molecular weight excluding hydrogens is 275 g/mol. The van der Waals surface area contributed by atoms with Crippen molar-refractivity contribution in [3.63, 3.8) is 0 Å². The summed E-state index contributed by atoms with van der Waals surface area (Å²) in [6, 6.07) is 2.67. The molecule has 0 aliphatic carbocycles. The Bertz CT molecular complexity index is 496. The number of carbonyl (C=O) groups excluding carboxylic acids is 1. The van der Waals surface area contributed by atoms with Crippen LogP contribution in [0.4, 0.5) is 13.2 Å². The monoisotopic (exact) mass is 289 g/mol. The van der Waals surface area contributed by atoms with Crippen molar-refractivity contribution in [3.8, 4) is 5.75 Å². The maximum atomic E-state index is 12.6. The molecule has 2 N–H and O–H groups in total. The quantitative estimate of drug-likeness (QED) is 0.925. The molecule has 1 amide bonds. The van der Waals surface area contributed by atoms with Crippen LogP contribution in [0.3, 0.4) is 0 Å². The minimum absolute atomic E-state index is 0.0426. The van der Waals surface area contributed by atoms with Crippen LogP contribution in [0.2, 0.25) is 0 Å².